The highest BCUT2D eigenvalue weighted by atomic mass is 32.2. The molecular weight excluding hydrogens is 370 g/mol. The minimum absolute atomic E-state index is 0.0508. The van der Waals surface area contributed by atoms with Crippen molar-refractivity contribution in [1.29, 1.82) is 0 Å². The van der Waals surface area contributed by atoms with Gasteiger partial charge >= 0.3 is 0 Å². The molecule has 0 fully saturated rings. The lowest BCUT2D eigenvalue weighted by Crippen LogP contribution is -2.31. The van der Waals surface area contributed by atoms with Crippen molar-refractivity contribution in [2.24, 2.45) is 0 Å². The largest absolute Gasteiger partial charge is 0.322 e. The molecule has 0 radical (unpaired) electrons. The molecule has 148 valence electrons. The Morgan fingerprint density at radius 2 is 1.93 bits per heavy atom. The van der Waals surface area contributed by atoms with Gasteiger partial charge in [0.05, 0.1) is 11.4 Å². The monoisotopic (exact) mass is 397 g/mol. The van der Waals surface area contributed by atoms with Crippen molar-refractivity contribution in [3.8, 4) is 0 Å². The lowest BCUT2D eigenvalue weighted by atomic mass is 10.1. The maximum atomic E-state index is 12.7. The number of carbonyl (C=O) groups excluding carboxylic acids is 2. The fourth-order valence-corrected chi connectivity index (χ4v) is 4.21. The van der Waals surface area contributed by atoms with E-state index in [2.05, 4.69) is 36.2 Å². The third-order valence-electron chi connectivity index (χ3n) is 4.91. The van der Waals surface area contributed by atoms with E-state index >= 15 is 0 Å². The zero-order valence-electron chi connectivity index (χ0n) is 16.7. The summed E-state index contributed by atoms with van der Waals surface area (Å²) in [5, 5.41) is 2.95. The van der Waals surface area contributed by atoms with E-state index < -0.39 is 0 Å². The van der Waals surface area contributed by atoms with Gasteiger partial charge in [-0.05, 0) is 55.4 Å². The van der Waals surface area contributed by atoms with Crippen molar-refractivity contribution in [1.82, 2.24) is 4.90 Å². The molecule has 1 heterocycles. The van der Waals surface area contributed by atoms with Gasteiger partial charge in [-0.25, -0.2) is 0 Å². The quantitative estimate of drug-likeness (QED) is 0.759. The third kappa shape index (κ3) is 4.75. The summed E-state index contributed by atoms with van der Waals surface area (Å²) in [5.74, 6) is 0.317. The van der Waals surface area contributed by atoms with Gasteiger partial charge in [-0.1, -0.05) is 26.0 Å². The van der Waals surface area contributed by atoms with E-state index in [0.717, 1.165) is 42.3 Å². The van der Waals surface area contributed by atoms with Crippen LogP contribution in [0, 0.1) is 0 Å². The number of rotatable bonds is 7. The molecule has 28 heavy (non-hydrogen) atoms. The van der Waals surface area contributed by atoms with Crippen LogP contribution in [0.4, 0.5) is 11.4 Å². The van der Waals surface area contributed by atoms with Gasteiger partial charge in [0.1, 0.15) is 0 Å². The topological polar surface area (TPSA) is 52.7 Å². The van der Waals surface area contributed by atoms with Crippen LogP contribution < -0.4 is 10.2 Å². The molecule has 0 bridgehead atoms. The van der Waals surface area contributed by atoms with E-state index in [9.17, 15) is 9.59 Å². The smallest absolute Gasteiger partial charge is 0.255 e. The molecule has 1 aliphatic rings. The number of carbonyl (C=O) groups is 2. The van der Waals surface area contributed by atoms with Gasteiger partial charge in [-0.3, -0.25) is 14.5 Å². The standard InChI is InChI=1S/C22H27N3O2S/c1-4-12-25(5-2)14-16-6-9-18(10-7-16)23-22(27)17-8-11-20-19(13-17)24(3)21(26)15-28-20/h6-11,13H,4-5,12,14-15H2,1-3H3,(H,23,27). The molecule has 0 aliphatic carbocycles. The van der Waals surface area contributed by atoms with Crippen LogP contribution >= 0.6 is 11.8 Å². The van der Waals surface area contributed by atoms with Crippen LogP contribution in [0.25, 0.3) is 0 Å². The molecule has 2 aromatic carbocycles. The first kappa shape index (κ1) is 20.4. The predicted octanol–water partition coefficient (Wildman–Crippen LogP) is 4.24. The van der Waals surface area contributed by atoms with Crippen LogP contribution in [-0.2, 0) is 11.3 Å². The van der Waals surface area contributed by atoms with Gasteiger partial charge in [0.25, 0.3) is 5.91 Å². The van der Waals surface area contributed by atoms with Crippen LogP contribution in [0.3, 0.4) is 0 Å². The maximum Gasteiger partial charge on any atom is 0.255 e. The Balaban J connectivity index is 1.67. The van der Waals surface area contributed by atoms with Crippen molar-refractivity contribution >= 4 is 35.0 Å². The Labute approximate surface area is 171 Å². The van der Waals surface area contributed by atoms with Crippen LogP contribution in [0.15, 0.2) is 47.4 Å². The van der Waals surface area contributed by atoms with Crippen LogP contribution in [0.2, 0.25) is 0 Å². The summed E-state index contributed by atoms with van der Waals surface area (Å²) in [5.41, 5.74) is 3.34. The van der Waals surface area contributed by atoms with E-state index in [1.807, 2.05) is 24.3 Å². The van der Waals surface area contributed by atoms with Crippen molar-refractivity contribution in [2.75, 3.05) is 36.1 Å². The van der Waals surface area contributed by atoms with E-state index in [1.165, 1.54) is 17.3 Å². The van der Waals surface area contributed by atoms with Gasteiger partial charge in [-0.15, -0.1) is 11.8 Å². The minimum atomic E-state index is -0.173. The Morgan fingerprint density at radius 1 is 1.18 bits per heavy atom. The molecule has 6 heteroatoms. The lowest BCUT2D eigenvalue weighted by Gasteiger charge is -2.25. The van der Waals surface area contributed by atoms with Crippen LogP contribution in [0.1, 0.15) is 36.2 Å². The number of amides is 2. The average molecular weight is 398 g/mol. The first-order valence-electron chi connectivity index (χ1n) is 9.67. The Hall–Kier alpha value is -2.31. The molecule has 0 saturated heterocycles. The van der Waals surface area contributed by atoms with E-state index in [4.69, 9.17) is 0 Å². The zero-order chi connectivity index (χ0) is 20.1. The Morgan fingerprint density at radius 3 is 2.61 bits per heavy atom. The number of hydrogen-bond donors (Lipinski definition) is 1. The zero-order valence-corrected chi connectivity index (χ0v) is 17.5. The van der Waals surface area contributed by atoms with Crippen LogP contribution in [0.5, 0.6) is 0 Å². The van der Waals surface area contributed by atoms with Gasteiger partial charge in [-0.2, -0.15) is 0 Å². The number of anilines is 2. The van der Waals surface area contributed by atoms with E-state index in [-0.39, 0.29) is 11.8 Å². The molecule has 1 aliphatic heterocycles. The second-order valence-corrected chi connectivity index (χ2v) is 7.96. The predicted molar refractivity (Wildman–Crippen MR) is 116 cm³/mol. The fraction of sp³-hybridized carbons (Fsp3) is 0.364. The normalized spacial score (nSPS) is 13.6. The fourth-order valence-electron chi connectivity index (χ4n) is 3.23. The van der Waals surface area contributed by atoms with Crippen molar-refractivity contribution < 1.29 is 9.59 Å². The molecule has 0 spiro atoms. The molecule has 1 N–H and O–H groups in total. The van der Waals surface area contributed by atoms with Gasteiger partial charge in [0, 0.05) is 29.7 Å². The SMILES string of the molecule is CCCN(CC)Cc1ccc(NC(=O)c2ccc3c(c2)N(C)C(=O)CS3)cc1. The molecule has 3 rings (SSSR count). The minimum Gasteiger partial charge on any atom is -0.322 e. The number of benzene rings is 2. The summed E-state index contributed by atoms with van der Waals surface area (Å²) < 4.78 is 0. The van der Waals surface area contributed by atoms with Crippen LogP contribution in [-0.4, -0.2) is 42.6 Å². The second kappa shape index (κ2) is 9.26. The number of thioether (sulfide) groups is 1. The Bertz CT molecular complexity index is 851. The first-order chi connectivity index (χ1) is 13.5. The summed E-state index contributed by atoms with van der Waals surface area (Å²) in [4.78, 5) is 29.6. The highest BCUT2D eigenvalue weighted by Gasteiger charge is 2.22. The number of nitrogens with zero attached hydrogens (tertiary/aromatic N) is 2. The number of nitrogens with one attached hydrogen (secondary N) is 1. The number of fused-ring (bicyclic) bond motifs is 1. The summed E-state index contributed by atoms with van der Waals surface area (Å²) in [6.07, 6.45) is 1.14. The number of hydrogen-bond acceptors (Lipinski definition) is 4. The average Bonchev–Trinajstić information content (AvgIpc) is 2.71. The highest BCUT2D eigenvalue weighted by molar-refractivity contribution is 8.00. The molecule has 0 aromatic heterocycles. The van der Waals surface area contributed by atoms with Crippen molar-refractivity contribution in [3.63, 3.8) is 0 Å². The summed E-state index contributed by atoms with van der Waals surface area (Å²) in [7, 11) is 1.75. The third-order valence-corrected chi connectivity index (χ3v) is 5.96. The van der Waals surface area contributed by atoms with E-state index in [1.54, 1.807) is 18.0 Å². The molecule has 2 aromatic rings. The molecule has 2 amide bonds. The van der Waals surface area contributed by atoms with Crippen molar-refractivity contribution in [2.45, 2.75) is 31.7 Å². The summed E-state index contributed by atoms with van der Waals surface area (Å²) >= 11 is 1.51. The summed E-state index contributed by atoms with van der Waals surface area (Å²) in [6.45, 7) is 7.39. The molecule has 0 atom stereocenters. The van der Waals surface area contributed by atoms with Gasteiger partial charge in [0.2, 0.25) is 5.91 Å². The molecule has 5 nitrogen and oxygen atoms in total. The van der Waals surface area contributed by atoms with E-state index in [0.29, 0.717) is 11.3 Å². The summed E-state index contributed by atoms with van der Waals surface area (Å²) in [6, 6.07) is 13.5. The van der Waals surface area contributed by atoms with Crippen molar-refractivity contribution in [3.05, 3.63) is 53.6 Å². The molecule has 0 saturated carbocycles. The maximum absolute atomic E-state index is 12.7. The highest BCUT2D eigenvalue weighted by Crippen LogP contribution is 2.35. The molecule has 0 unspecified atom stereocenters. The van der Waals surface area contributed by atoms with Gasteiger partial charge < -0.3 is 10.2 Å². The van der Waals surface area contributed by atoms with Gasteiger partial charge in [0.15, 0.2) is 0 Å². The molecular formula is C22H27N3O2S. The Kier molecular flexibility index (Phi) is 6.75. The lowest BCUT2D eigenvalue weighted by molar-refractivity contribution is -0.116. The second-order valence-electron chi connectivity index (χ2n) is 6.94. The first-order valence-corrected chi connectivity index (χ1v) is 10.7.